The third kappa shape index (κ3) is 2.80. The minimum atomic E-state index is -1.48. The molecule has 1 aromatic rings. The van der Waals surface area contributed by atoms with Crippen LogP contribution >= 0.6 is 0 Å². The topological polar surface area (TPSA) is 20.2 Å². The Balaban J connectivity index is 2.10. The van der Waals surface area contributed by atoms with Crippen LogP contribution in [0.1, 0.15) is 43.8 Å². The first kappa shape index (κ1) is 12.4. The third-order valence-corrected chi connectivity index (χ3v) is 3.42. The summed E-state index contributed by atoms with van der Waals surface area (Å²) in [6, 6.07) is 1.75. The Labute approximate surface area is 98.3 Å². The highest BCUT2D eigenvalue weighted by molar-refractivity contribution is 5.21. The average Bonchev–Trinajstić information content (AvgIpc) is 2.77. The van der Waals surface area contributed by atoms with Gasteiger partial charge >= 0.3 is 0 Å². The Morgan fingerprint density at radius 2 is 1.65 bits per heavy atom. The van der Waals surface area contributed by atoms with Gasteiger partial charge in [0.1, 0.15) is 0 Å². The van der Waals surface area contributed by atoms with Crippen molar-refractivity contribution in [2.75, 3.05) is 0 Å². The first-order valence-electron chi connectivity index (χ1n) is 5.90. The van der Waals surface area contributed by atoms with Gasteiger partial charge in [-0.3, -0.25) is 0 Å². The second-order valence-corrected chi connectivity index (χ2v) is 4.70. The number of benzene rings is 1. The van der Waals surface area contributed by atoms with Crippen LogP contribution in [0.15, 0.2) is 12.1 Å². The van der Waals surface area contributed by atoms with E-state index in [2.05, 4.69) is 0 Å². The standard InChI is InChI=1S/C13H15F3O/c14-10-6-9(7-11(15)13(10)16)12(17)5-8-3-1-2-4-8/h6-8,12,17H,1-5H2. The van der Waals surface area contributed by atoms with E-state index in [9.17, 15) is 18.3 Å². The molecular weight excluding hydrogens is 229 g/mol. The van der Waals surface area contributed by atoms with Gasteiger partial charge in [0.25, 0.3) is 0 Å². The summed E-state index contributed by atoms with van der Waals surface area (Å²) < 4.78 is 38.7. The molecule has 0 heterocycles. The quantitative estimate of drug-likeness (QED) is 0.803. The summed E-state index contributed by atoms with van der Waals surface area (Å²) >= 11 is 0. The van der Waals surface area contributed by atoms with Gasteiger partial charge in [-0.05, 0) is 30.0 Å². The van der Waals surface area contributed by atoms with Gasteiger partial charge in [0.05, 0.1) is 6.10 Å². The van der Waals surface area contributed by atoms with Crippen LogP contribution in [-0.4, -0.2) is 5.11 Å². The number of aliphatic hydroxyl groups is 1. The summed E-state index contributed by atoms with van der Waals surface area (Å²) in [6.45, 7) is 0. The molecule has 1 aliphatic carbocycles. The van der Waals surface area contributed by atoms with Gasteiger partial charge in [-0.1, -0.05) is 25.7 Å². The zero-order chi connectivity index (χ0) is 12.4. The lowest BCUT2D eigenvalue weighted by molar-refractivity contribution is 0.144. The molecule has 1 aromatic carbocycles. The zero-order valence-electron chi connectivity index (χ0n) is 9.43. The van der Waals surface area contributed by atoms with E-state index in [-0.39, 0.29) is 5.56 Å². The highest BCUT2D eigenvalue weighted by Crippen LogP contribution is 2.33. The lowest BCUT2D eigenvalue weighted by Crippen LogP contribution is -2.06. The molecule has 1 unspecified atom stereocenters. The zero-order valence-corrected chi connectivity index (χ0v) is 9.43. The molecule has 1 fully saturated rings. The molecule has 0 aromatic heterocycles. The molecule has 2 rings (SSSR count). The Bertz CT molecular complexity index is 377. The molecule has 0 bridgehead atoms. The summed E-state index contributed by atoms with van der Waals surface area (Å²) in [5, 5.41) is 9.86. The van der Waals surface area contributed by atoms with Gasteiger partial charge < -0.3 is 5.11 Å². The van der Waals surface area contributed by atoms with E-state index in [0.717, 1.165) is 37.8 Å². The lowest BCUT2D eigenvalue weighted by Gasteiger charge is -2.16. The van der Waals surface area contributed by atoms with Crippen molar-refractivity contribution in [2.45, 2.75) is 38.2 Å². The molecule has 0 radical (unpaired) electrons. The molecule has 1 atom stereocenters. The Morgan fingerprint density at radius 3 is 2.18 bits per heavy atom. The van der Waals surface area contributed by atoms with E-state index in [0.29, 0.717) is 12.3 Å². The second kappa shape index (κ2) is 5.08. The Morgan fingerprint density at radius 1 is 1.12 bits per heavy atom. The number of hydrogen-bond acceptors (Lipinski definition) is 1. The molecule has 4 heteroatoms. The molecule has 17 heavy (non-hydrogen) atoms. The fraction of sp³-hybridized carbons (Fsp3) is 0.538. The fourth-order valence-corrected chi connectivity index (χ4v) is 2.47. The predicted molar refractivity (Wildman–Crippen MR) is 57.9 cm³/mol. The smallest absolute Gasteiger partial charge is 0.194 e. The van der Waals surface area contributed by atoms with Crippen molar-refractivity contribution in [3.63, 3.8) is 0 Å². The van der Waals surface area contributed by atoms with Crippen molar-refractivity contribution in [1.29, 1.82) is 0 Å². The largest absolute Gasteiger partial charge is 0.388 e. The first-order chi connectivity index (χ1) is 8.08. The monoisotopic (exact) mass is 244 g/mol. The third-order valence-electron chi connectivity index (χ3n) is 3.42. The SMILES string of the molecule is OC(CC1CCCC1)c1cc(F)c(F)c(F)c1. The van der Waals surface area contributed by atoms with Crippen LogP contribution in [0, 0.1) is 23.4 Å². The Kier molecular flexibility index (Phi) is 3.72. The number of hydrogen-bond donors (Lipinski definition) is 1. The van der Waals surface area contributed by atoms with Crippen molar-refractivity contribution >= 4 is 0 Å². The van der Waals surface area contributed by atoms with Gasteiger partial charge in [-0.2, -0.15) is 0 Å². The van der Waals surface area contributed by atoms with Crippen LogP contribution < -0.4 is 0 Å². The van der Waals surface area contributed by atoms with Crippen LogP contribution in [-0.2, 0) is 0 Å². The van der Waals surface area contributed by atoms with Crippen molar-refractivity contribution in [3.8, 4) is 0 Å². The van der Waals surface area contributed by atoms with Crippen LogP contribution in [0.3, 0.4) is 0 Å². The summed E-state index contributed by atoms with van der Waals surface area (Å²) in [5.41, 5.74) is 0.119. The van der Waals surface area contributed by atoms with Crippen molar-refractivity contribution < 1.29 is 18.3 Å². The maximum atomic E-state index is 13.0. The summed E-state index contributed by atoms with van der Waals surface area (Å²) in [7, 11) is 0. The highest BCUT2D eigenvalue weighted by Gasteiger charge is 2.21. The minimum Gasteiger partial charge on any atom is -0.388 e. The van der Waals surface area contributed by atoms with Crippen molar-refractivity contribution in [3.05, 3.63) is 35.1 Å². The van der Waals surface area contributed by atoms with Crippen LogP contribution in [0.2, 0.25) is 0 Å². The van der Waals surface area contributed by atoms with E-state index >= 15 is 0 Å². The fourth-order valence-electron chi connectivity index (χ4n) is 2.47. The van der Waals surface area contributed by atoms with Crippen LogP contribution in [0.25, 0.3) is 0 Å². The average molecular weight is 244 g/mol. The number of halogens is 3. The molecule has 1 saturated carbocycles. The summed E-state index contributed by atoms with van der Waals surface area (Å²) in [5.74, 6) is -3.57. The summed E-state index contributed by atoms with van der Waals surface area (Å²) in [6.07, 6.45) is 3.95. The first-order valence-corrected chi connectivity index (χ1v) is 5.90. The maximum absolute atomic E-state index is 13.0. The molecule has 94 valence electrons. The lowest BCUT2D eigenvalue weighted by atomic mass is 9.95. The van der Waals surface area contributed by atoms with Crippen molar-refractivity contribution in [1.82, 2.24) is 0 Å². The summed E-state index contributed by atoms with van der Waals surface area (Å²) in [4.78, 5) is 0. The number of aliphatic hydroxyl groups excluding tert-OH is 1. The van der Waals surface area contributed by atoms with Crippen molar-refractivity contribution in [2.24, 2.45) is 5.92 Å². The van der Waals surface area contributed by atoms with Gasteiger partial charge in [-0.15, -0.1) is 0 Å². The van der Waals surface area contributed by atoms with Gasteiger partial charge in [0.15, 0.2) is 17.5 Å². The molecule has 0 saturated heterocycles. The van der Waals surface area contributed by atoms with E-state index in [1.54, 1.807) is 0 Å². The van der Waals surface area contributed by atoms with E-state index < -0.39 is 23.6 Å². The maximum Gasteiger partial charge on any atom is 0.194 e. The second-order valence-electron chi connectivity index (χ2n) is 4.70. The highest BCUT2D eigenvalue weighted by atomic mass is 19.2. The molecular formula is C13H15F3O. The van der Waals surface area contributed by atoms with Crippen LogP contribution in [0.4, 0.5) is 13.2 Å². The molecule has 0 amide bonds. The normalized spacial score (nSPS) is 18.6. The van der Waals surface area contributed by atoms with E-state index in [1.165, 1.54) is 0 Å². The number of rotatable bonds is 3. The Hall–Kier alpha value is -1.03. The van der Waals surface area contributed by atoms with Crippen LogP contribution in [0.5, 0.6) is 0 Å². The molecule has 1 N–H and O–H groups in total. The molecule has 0 spiro atoms. The molecule has 1 nitrogen and oxygen atoms in total. The van der Waals surface area contributed by atoms with Gasteiger partial charge in [-0.25, -0.2) is 13.2 Å². The molecule has 0 aliphatic heterocycles. The van der Waals surface area contributed by atoms with Gasteiger partial charge in [0.2, 0.25) is 0 Å². The molecule has 1 aliphatic rings. The minimum absolute atomic E-state index is 0.119. The van der Waals surface area contributed by atoms with E-state index in [4.69, 9.17) is 0 Å². The predicted octanol–water partition coefficient (Wildman–Crippen LogP) is 3.72. The van der Waals surface area contributed by atoms with Gasteiger partial charge in [0, 0.05) is 0 Å². The van der Waals surface area contributed by atoms with E-state index in [1.807, 2.05) is 0 Å².